The molecule has 0 bridgehead atoms. The Kier molecular flexibility index (Phi) is 6.25. The number of carbonyl (C=O) groups excluding carboxylic acids is 2. The second kappa shape index (κ2) is 7.21. The van der Waals surface area contributed by atoms with E-state index in [9.17, 15) is 9.59 Å². The highest BCUT2D eigenvalue weighted by Crippen LogP contribution is 2.24. The van der Waals surface area contributed by atoms with E-state index >= 15 is 0 Å². The van der Waals surface area contributed by atoms with Crippen LogP contribution in [0.2, 0.25) is 0 Å². The van der Waals surface area contributed by atoms with Gasteiger partial charge in [-0.05, 0) is 25.7 Å². The molecule has 0 radical (unpaired) electrons. The van der Waals surface area contributed by atoms with Gasteiger partial charge in [0.05, 0.1) is 6.04 Å². The molecule has 5 nitrogen and oxygen atoms in total. The van der Waals surface area contributed by atoms with E-state index in [4.69, 9.17) is 5.73 Å². The lowest BCUT2D eigenvalue weighted by Crippen LogP contribution is -2.47. The van der Waals surface area contributed by atoms with Crippen molar-refractivity contribution in [3.05, 3.63) is 0 Å². The first kappa shape index (κ1) is 15.6. The Bertz CT molecular complexity index is 303. The van der Waals surface area contributed by atoms with E-state index in [2.05, 4.69) is 10.6 Å². The summed E-state index contributed by atoms with van der Waals surface area (Å²) in [5.41, 5.74) is 5.27. The van der Waals surface area contributed by atoms with Gasteiger partial charge in [0.25, 0.3) is 0 Å². The number of rotatable bonds is 3. The summed E-state index contributed by atoms with van der Waals surface area (Å²) in [5.74, 6) is 1.60. The topological polar surface area (TPSA) is 84.2 Å². The van der Waals surface area contributed by atoms with Crippen LogP contribution >= 0.6 is 24.2 Å². The lowest BCUT2D eigenvalue weighted by atomic mass is 9.85. The summed E-state index contributed by atoms with van der Waals surface area (Å²) in [6.07, 6.45) is 3.32. The van der Waals surface area contributed by atoms with Crippen molar-refractivity contribution < 1.29 is 9.59 Å². The van der Waals surface area contributed by atoms with Gasteiger partial charge in [0, 0.05) is 23.6 Å². The van der Waals surface area contributed by atoms with E-state index in [0.717, 1.165) is 37.3 Å². The molecule has 2 rings (SSSR count). The second-order valence-electron chi connectivity index (χ2n) is 4.73. The van der Waals surface area contributed by atoms with E-state index in [1.54, 1.807) is 11.8 Å². The molecule has 0 aromatic heterocycles. The maximum absolute atomic E-state index is 11.9. The summed E-state index contributed by atoms with van der Waals surface area (Å²) in [6, 6.07) is 0.166. The van der Waals surface area contributed by atoms with E-state index in [0.29, 0.717) is 0 Å². The molecule has 1 saturated carbocycles. The van der Waals surface area contributed by atoms with Crippen LogP contribution in [0.3, 0.4) is 0 Å². The van der Waals surface area contributed by atoms with Crippen molar-refractivity contribution in [3.63, 3.8) is 0 Å². The lowest BCUT2D eigenvalue weighted by Gasteiger charge is -2.28. The van der Waals surface area contributed by atoms with Crippen LogP contribution in [0.4, 0.5) is 0 Å². The van der Waals surface area contributed by atoms with E-state index in [1.165, 1.54) is 0 Å². The molecule has 1 atom stereocenters. The molecule has 1 aliphatic carbocycles. The average molecular weight is 294 g/mol. The third-order valence-electron chi connectivity index (χ3n) is 3.51. The van der Waals surface area contributed by atoms with Crippen molar-refractivity contribution in [1.29, 1.82) is 0 Å². The largest absolute Gasteiger partial charge is 0.369 e. The van der Waals surface area contributed by atoms with Gasteiger partial charge in [0.1, 0.15) is 0 Å². The molecule has 2 aliphatic rings. The van der Waals surface area contributed by atoms with Crippen molar-refractivity contribution in [2.75, 3.05) is 11.6 Å². The predicted molar refractivity (Wildman–Crippen MR) is 74.6 cm³/mol. The Balaban J connectivity index is 0.00000162. The van der Waals surface area contributed by atoms with Crippen molar-refractivity contribution in [2.24, 2.45) is 11.7 Å². The molecule has 1 aliphatic heterocycles. The highest BCUT2D eigenvalue weighted by molar-refractivity contribution is 7.99. The van der Waals surface area contributed by atoms with Gasteiger partial charge in [-0.25, -0.2) is 0 Å². The molecule has 0 aromatic carbocycles. The van der Waals surface area contributed by atoms with Crippen LogP contribution in [0, 0.1) is 5.92 Å². The molecular formula is C11H20ClN3O2S. The van der Waals surface area contributed by atoms with Crippen molar-refractivity contribution in [1.82, 2.24) is 10.6 Å². The maximum Gasteiger partial charge on any atom is 0.238 e. The highest BCUT2D eigenvalue weighted by atomic mass is 35.5. The fraction of sp³-hybridized carbons (Fsp3) is 0.818. The van der Waals surface area contributed by atoms with Crippen LogP contribution < -0.4 is 16.4 Å². The van der Waals surface area contributed by atoms with Gasteiger partial charge in [-0.3, -0.25) is 14.9 Å². The molecule has 4 N–H and O–H groups in total. The van der Waals surface area contributed by atoms with E-state index < -0.39 is 0 Å². The number of hydrogen-bond acceptors (Lipinski definition) is 4. The summed E-state index contributed by atoms with van der Waals surface area (Å²) in [6.45, 7) is 0. The van der Waals surface area contributed by atoms with Gasteiger partial charge < -0.3 is 11.1 Å². The van der Waals surface area contributed by atoms with Crippen LogP contribution in [-0.2, 0) is 9.59 Å². The Hall–Kier alpha value is -0.460. The summed E-state index contributed by atoms with van der Waals surface area (Å²) in [7, 11) is 0. The Morgan fingerprint density at radius 2 is 1.89 bits per heavy atom. The molecule has 0 aromatic rings. The zero-order chi connectivity index (χ0) is 12.3. The summed E-state index contributed by atoms with van der Waals surface area (Å²) in [4.78, 5) is 22.9. The predicted octanol–water partition coefficient (Wildman–Crippen LogP) is 0.231. The highest BCUT2D eigenvalue weighted by Gasteiger charge is 2.28. The Morgan fingerprint density at radius 3 is 2.39 bits per heavy atom. The normalized spacial score (nSPS) is 31.4. The van der Waals surface area contributed by atoms with Gasteiger partial charge in [0.2, 0.25) is 11.8 Å². The van der Waals surface area contributed by atoms with Crippen molar-refractivity contribution >= 4 is 36.0 Å². The standard InChI is InChI=1S/C11H19N3O2S.ClH/c12-10(15)7-1-3-8(4-2-7)14-11(16)9-5-17-6-13-9;/h7-9,13H,1-6H2,(H2,12,15)(H,14,16);1H. The Morgan fingerprint density at radius 1 is 1.22 bits per heavy atom. The number of hydrogen-bond donors (Lipinski definition) is 3. The van der Waals surface area contributed by atoms with Gasteiger partial charge in [-0.15, -0.1) is 24.2 Å². The van der Waals surface area contributed by atoms with Crippen LogP contribution in [0.5, 0.6) is 0 Å². The summed E-state index contributed by atoms with van der Waals surface area (Å²) >= 11 is 1.74. The van der Waals surface area contributed by atoms with Gasteiger partial charge >= 0.3 is 0 Å². The van der Waals surface area contributed by atoms with Crippen LogP contribution in [-0.4, -0.2) is 35.5 Å². The smallest absolute Gasteiger partial charge is 0.238 e. The molecule has 2 amide bonds. The van der Waals surface area contributed by atoms with Crippen molar-refractivity contribution in [3.8, 4) is 0 Å². The zero-order valence-corrected chi connectivity index (χ0v) is 11.8. The number of thioether (sulfide) groups is 1. The first-order chi connectivity index (χ1) is 8.16. The SMILES string of the molecule is Cl.NC(=O)C1CCC(NC(=O)C2CSCN2)CC1. The minimum Gasteiger partial charge on any atom is -0.369 e. The van der Waals surface area contributed by atoms with Gasteiger partial charge in [0.15, 0.2) is 0 Å². The minimum absolute atomic E-state index is 0. The van der Waals surface area contributed by atoms with Crippen molar-refractivity contribution in [2.45, 2.75) is 37.8 Å². The lowest BCUT2D eigenvalue weighted by molar-refractivity contribution is -0.124. The first-order valence-corrected chi connectivity index (χ1v) is 7.23. The Labute approximate surface area is 117 Å². The number of primary amides is 1. The van der Waals surface area contributed by atoms with Gasteiger partial charge in [-0.1, -0.05) is 0 Å². The average Bonchev–Trinajstić information content (AvgIpc) is 2.83. The third-order valence-corrected chi connectivity index (χ3v) is 4.45. The number of amides is 2. The molecular weight excluding hydrogens is 274 g/mol. The summed E-state index contributed by atoms with van der Waals surface area (Å²) in [5, 5.41) is 6.20. The fourth-order valence-electron chi connectivity index (χ4n) is 2.39. The van der Waals surface area contributed by atoms with Crippen LogP contribution in [0.15, 0.2) is 0 Å². The second-order valence-corrected chi connectivity index (χ2v) is 5.76. The van der Waals surface area contributed by atoms with E-state index in [1.807, 2.05) is 0 Å². The van der Waals surface area contributed by atoms with E-state index in [-0.39, 0.29) is 42.2 Å². The molecule has 2 fully saturated rings. The molecule has 1 saturated heterocycles. The third kappa shape index (κ3) is 4.03. The van der Waals surface area contributed by atoms with Crippen LogP contribution in [0.1, 0.15) is 25.7 Å². The van der Waals surface area contributed by atoms with Gasteiger partial charge in [-0.2, -0.15) is 0 Å². The fourth-order valence-corrected chi connectivity index (χ4v) is 3.33. The first-order valence-electron chi connectivity index (χ1n) is 6.07. The number of nitrogens with two attached hydrogens (primary N) is 1. The molecule has 1 heterocycles. The summed E-state index contributed by atoms with van der Waals surface area (Å²) < 4.78 is 0. The molecule has 0 spiro atoms. The minimum atomic E-state index is -0.205. The maximum atomic E-state index is 11.9. The number of halogens is 1. The monoisotopic (exact) mass is 293 g/mol. The molecule has 7 heteroatoms. The van der Waals surface area contributed by atoms with Crippen LogP contribution in [0.25, 0.3) is 0 Å². The number of carbonyl (C=O) groups is 2. The number of nitrogens with one attached hydrogen (secondary N) is 2. The molecule has 1 unspecified atom stereocenters. The quantitative estimate of drug-likeness (QED) is 0.695. The molecule has 18 heavy (non-hydrogen) atoms. The molecule has 104 valence electrons. The zero-order valence-electron chi connectivity index (χ0n) is 10.2.